The molecule has 1 aliphatic heterocycles. The third kappa shape index (κ3) is 8.78. The number of anilines is 2. The summed E-state index contributed by atoms with van der Waals surface area (Å²) in [5, 5.41) is 18.0. The maximum Gasteiger partial charge on any atom is 0.260 e. The van der Waals surface area contributed by atoms with Gasteiger partial charge in [0.1, 0.15) is 15.5 Å². The van der Waals surface area contributed by atoms with Crippen molar-refractivity contribution in [2.45, 2.75) is 73.6 Å². The minimum atomic E-state index is -0.681. The second kappa shape index (κ2) is 16.9. The molecule has 4 heterocycles. The fourth-order valence-corrected chi connectivity index (χ4v) is 6.34. The average Bonchev–Trinajstić information content (AvgIpc) is 3.36. The van der Waals surface area contributed by atoms with Crippen LogP contribution in [0, 0.1) is 0 Å². The number of rotatable bonds is 11. The van der Waals surface area contributed by atoms with E-state index >= 15 is 0 Å². The minimum absolute atomic E-state index is 0. The van der Waals surface area contributed by atoms with Gasteiger partial charge in [-0.15, -0.1) is 11.3 Å². The molecule has 0 spiro atoms. The molecule has 1 unspecified atom stereocenters. The molecule has 7 N–H and O–H groups in total. The smallest absolute Gasteiger partial charge is 0.260 e. The number of thiophene rings is 1. The van der Waals surface area contributed by atoms with Gasteiger partial charge in [-0.1, -0.05) is 53.8 Å². The number of aliphatic hydroxyl groups excluding tert-OH is 1. The van der Waals surface area contributed by atoms with Gasteiger partial charge in [-0.3, -0.25) is 14.6 Å². The lowest BCUT2D eigenvalue weighted by Gasteiger charge is -2.34. The first-order valence-electron chi connectivity index (χ1n) is 14.3. The number of aromatic nitrogens is 2. The van der Waals surface area contributed by atoms with Crippen molar-refractivity contribution >= 4 is 44.9 Å². The molecular weight excluding hydrogens is 586 g/mol. The number of hydrogen-bond donors (Lipinski definition) is 5. The third-order valence-electron chi connectivity index (χ3n) is 7.66. The van der Waals surface area contributed by atoms with E-state index in [1.807, 2.05) is 12.1 Å². The Hall–Kier alpha value is -4.06. The molecule has 0 aliphatic carbocycles. The Morgan fingerprint density at radius 3 is 2.47 bits per heavy atom. The van der Waals surface area contributed by atoms with Crippen molar-refractivity contribution in [3.63, 3.8) is 0 Å². The van der Waals surface area contributed by atoms with Crippen LogP contribution in [0.15, 0.2) is 54.9 Å². The van der Waals surface area contributed by atoms with Crippen LogP contribution in [0.25, 0.3) is 10.2 Å². The van der Waals surface area contributed by atoms with Gasteiger partial charge in [-0.05, 0) is 60.2 Å². The molecule has 0 bridgehead atoms. The summed E-state index contributed by atoms with van der Waals surface area (Å²) in [7, 11) is 0. The number of hydrogen-bond acceptors (Lipinski definition) is 9. The zero-order chi connectivity index (χ0) is 29.6. The highest BCUT2D eigenvalue weighted by Gasteiger charge is 2.24. The molecule has 5 rings (SSSR count). The fraction of sp³-hybridized carbons (Fsp3) is 0.412. The first-order chi connectivity index (χ1) is 20.3. The molecule has 1 atom stereocenters. The molecule has 10 nitrogen and oxygen atoms in total. The Morgan fingerprint density at radius 2 is 1.84 bits per heavy atom. The van der Waals surface area contributed by atoms with Crippen molar-refractivity contribution in [3.8, 4) is 0 Å². The van der Waals surface area contributed by atoms with Crippen LogP contribution in [0.5, 0.6) is 0 Å². The van der Waals surface area contributed by atoms with Gasteiger partial charge in [0.2, 0.25) is 0 Å². The molecular formula is C34H49N7O3S. The van der Waals surface area contributed by atoms with Crippen LogP contribution in [0.1, 0.15) is 91.3 Å². The Bertz CT molecular complexity index is 1540. The molecule has 1 fully saturated rings. The number of nitrogen functional groups attached to an aromatic ring is 1. The van der Waals surface area contributed by atoms with Crippen molar-refractivity contribution in [1.29, 1.82) is 0 Å². The Balaban J connectivity index is 0.00000235. The summed E-state index contributed by atoms with van der Waals surface area (Å²) in [6, 6.07) is 13.2. The molecule has 4 aromatic rings. The van der Waals surface area contributed by atoms with Gasteiger partial charge in [0, 0.05) is 55.6 Å². The van der Waals surface area contributed by atoms with Gasteiger partial charge in [0.25, 0.3) is 11.8 Å². The zero-order valence-electron chi connectivity index (χ0n) is 23.7. The Labute approximate surface area is 271 Å². The number of carbonyl (C=O) groups is 2. The summed E-state index contributed by atoms with van der Waals surface area (Å²) in [4.78, 5) is 36.6. The first kappa shape index (κ1) is 37.1. The fourth-order valence-electron chi connectivity index (χ4n) is 5.35. The molecule has 45 heavy (non-hydrogen) atoms. The molecule has 0 saturated carbocycles. The highest BCUT2D eigenvalue weighted by Crippen LogP contribution is 2.37. The summed E-state index contributed by atoms with van der Waals surface area (Å²) in [6.45, 7) is 4.59. The quantitative estimate of drug-likeness (QED) is 0.145. The maximum atomic E-state index is 12.5. The average molecular weight is 636 g/mol. The predicted octanol–water partition coefficient (Wildman–Crippen LogP) is 5.46. The number of fused-ring (bicyclic) bond motifs is 1. The number of benzene rings is 1. The van der Waals surface area contributed by atoms with Crippen LogP contribution in [0.4, 0.5) is 11.5 Å². The summed E-state index contributed by atoms with van der Waals surface area (Å²) in [5.41, 5.74) is 15.6. The van der Waals surface area contributed by atoms with E-state index in [1.165, 1.54) is 11.3 Å². The predicted molar refractivity (Wildman–Crippen MR) is 187 cm³/mol. The number of piperidine rings is 1. The Kier molecular flexibility index (Phi) is 13.9. The molecule has 3 aromatic heterocycles. The van der Waals surface area contributed by atoms with Gasteiger partial charge in [-0.25, -0.2) is 4.98 Å². The van der Waals surface area contributed by atoms with E-state index in [9.17, 15) is 14.7 Å². The molecule has 0 radical (unpaired) electrons. The van der Waals surface area contributed by atoms with Crippen LogP contribution >= 0.6 is 11.3 Å². The van der Waals surface area contributed by atoms with Crippen LogP contribution in [-0.4, -0.2) is 52.6 Å². The molecule has 2 amide bonds. The van der Waals surface area contributed by atoms with Gasteiger partial charge < -0.3 is 32.1 Å². The highest BCUT2D eigenvalue weighted by atomic mass is 32.1. The lowest BCUT2D eigenvalue weighted by molar-refractivity contribution is 0.0949. The van der Waals surface area contributed by atoms with Crippen molar-refractivity contribution in [3.05, 3.63) is 82.0 Å². The first-order valence-corrected chi connectivity index (χ1v) is 15.1. The molecule has 244 valence electrons. The largest absolute Gasteiger partial charge is 0.397 e. The van der Waals surface area contributed by atoms with Crippen molar-refractivity contribution in [2.24, 2.45) is 5.73 Å². The summed E-state index contributed by atoms with van der Waals surface area (Å²) >= 11 is 1.26. The second-order valence-electron chi connectivity index (χ2n) is 10.6. The molecule has 11 heteroatoms. The van der Waals surface area contributed by atoms with E-state index in [2.05, 4.69) is 33.5 Å². The number of carbonyl (C=O) groups excluding carboxylic acids is 2. The van der Waals surface area contributed by atoms with E-state index in [1.54, 1.807) is 36.7 Å². The lowest BCUT2D eigenvalue weighted by Crippen LogP contribution is -2.44. The summed E-state index contributed by atoms with van der Waals surface area (Å²) < 4.78 is 0. The number of amides is 2. The third-order valence-corrected chi connectivity index (χ3v) is 8.78. The van der Waals surface area contributed by atoms with Crippen LogP contribution in [0.3, 0.4) is 0 Å². The number of primary amides is 1. The number of nitrogens with zero attached hydrogens (tertiary/aromatic N) is 3. The monoisotopic (exact) mass is 635 g/mol. The van der Waals surface area contributed by atoms with Gasteiger partial charge in [0.15, 0.2) is 0 Å². The van der Waals surface area contributed by atoms with E-state index in [0.29, 0.717) is 29.2 Å². The van der Waals surface area contributed by atoms with E-state index in [0.717, 1.165) is 71.5 Å². The molecule has 1 saturated heterocycles. The SMILES string of the molecule is C.C.C.CCCc1cc(N2CCC(NCC(O)c3ccc(C(=O)NCc4cccnc4)cc3)CC2)nc2sc(C(N)=O)c(N)c12. The zero-order valence-corrected chi connectivity index (χ0v) is 24.5. The lowest BCUT2D eigenvalue weighted by atomic mass is 10.0. The number of nitrogens with two attached hydrogens (primary N) is 2. The summed E-state index contributed by atoms with van der Waals surface area (Å²) in [5.74, 6) is 0.203. The Morgan fingerprint density at radius 1 is 1.13 bits per heavy atom. The van der Waals surface area contributed by atoms with Crippen LogP contribution in [0.2, 0.25) is 0 Å². The normalized spacial score (nSPS) is 13.7. The topological polar surface area (TPSA) is 159 Å². The molecule has 1 aliphatic rings. The number of aliphatic hydroxyl groups is 1. The number of pyridine rings is 2. The van der Waals surface area contributed by atoms with Gasteiger partial charge in [-0.2, -0.15) is 0 Å². The number of nitrogens with one attached hydrogen (secondary N) is 2. The van der Waals surface area contributed by atoms with E-state index < -0.39 is 12.0 Å². The van der Waals surface area contributed by atoms with Crippen LogP contribution < -0.4 is 27.0 Å². The standard InChI is InChI=1S/C31H37N7O3S.3CH4/c1-2-4-22-15-25(37-31-26(22)27(32)28(42-31)29(33)40)38-13-10-23(11-14-38)35-18-24(39)20-6-8-21(9-7-20)30(41)36-17-19-5-3-12-34-16-19;;;/h3,5-9,12,15-16,23-24,35,39H,2,4,10-11,13-14,17-18,32H2,1H3,(H2,33,40)(H,36,41);3*1H4. The number of aryl methyl sites for hydroxylation is 1. The van der Waals surface area contributed by atoms with E-state index in [4.69, 9.17) is 16.5 Å². The van der Waals surface area contributed by atoms with Gasteiger partial charge in [0.05, 0.1) is 11.8 Å². The molecule has 1 aromatic carbocycles. The van der Waals surface area contributed by atoms with Crippen molar-refractivity contribution in [2.75, 3.05) is 30.3 Å². The maximum absolute atomic E-state index is 12.5. The van der Waals surface area contributed by atoms with Crippen molar-refractivity contribution in [1.82, 2.24) is 20.6 Å². The van der Waals surface area contributed by atoms with E-state index in [-0.39, 0.29) is 34.2 Å². The highest BCUT2D eigenvalue weighted by molar-refractivity contribution is 7.21. The summed E-state index contributed by atoms with van der Waals surface area (Å²) in [6.07, 6.45) is 6.35. The van der Waals surface area contributed by atoms with Crippen molar-refractivity contribution < 1.29 is 14.7 Å². The second-order valence-corrected chi connectivity index (χ2v) is 11.6. The minimum Gasteiger partial charge on any atom is -0.397 e. The van der Waals surface area contributed by atoms with Crippen LogP contribution in [-0.2, 0) is 13.0 Å². The van der Waals surface area contributed by atoms with Gasteiger partial charge >= 0.3 is 0 Å².